The van der Waals surface area contributed by atoms with Gasteiger partial charge in [0.2, 0.25) is 0 Å². The first-order chi connectivity index (χ1) is 8.59. The fourth-order valence-corrected chi connectivity index (χ4v) is 2.24. The Morgan fingerprint density at radius 3 is 2.44 bits per heavy atom. The van der Waals surface area contributed by atoms with Crippen LogP contribution in [0.25, 0.3) is 0 Å². The molecular formula is C16H26O2. The highest BCUT2D eigenvalue weighted by molar-refractivity contribution is 5.72. The fraction of sp³-hybridized carbons (Fsp3) is 0.688. The zero-order valence-electron chi connectivity index (χ0n) is 12.0. The average molecular weight is 250 g/mol. The second-order valence-corrected chi connectivity index (χ2v) is 5.48. The van der Waals surface area contributed by atoms with Crippen molar-refractivity contribution in [2.75, 3.05) is 6.61 Å². The van der Waals surface area contributed by atoms with Gasteiger partial charge in [-0.1, -0.05) is 30.1 Å². The molecule has 0 aromatic heterocycles. The summed E-state index contributed by atoms with van der Waals surface area (Å²) in [4.78, 5) is 11.7. The number of hydrogen-bond donors (Lipinski definition) is 0. The maximum absolute atomic E-state index is 11.7. The van der Waals surface area contributed by atoms with Crippen molar-refractivity contribution in [3.63, 3.8) is 0 Å². The SMILES string of the molecule is CC(C)=CCC/C(C)=C/COC(=O)C1CCCC1. The predicted molar refractivity (Wildman–Crippen MR) is 75.3 cm³/mol. The lowest BCUT2D eigenvalue weighted by atomic mass is 10.1. The zero-order chi connectivity index (χ0) is 13.4. The molecule has 0 aromatic carbocycles. The highest BCUT2D eigenvalue weighted by atomic mass is 16.5. The largest absolute Gasteiger partial charge is 0.461 e. The summed E-state index contributed by atoms with van der Waals surface area (Å²) in [5.74, 6) is 0.172. The van der Waals surface area contributed by atoms with E-state index in [9.17, 15) is 4.79 Å². The molecule has 1 fully saturated rings. The molecule has 0 bridgehead atoms. The second kappa shape index (κ2) is 8.12. The number of carbonyl (C=O) groups excluding carboxylic acids is 1. The Hall–Kier alpha value is -1.05. The van der Waals surface area contributed by atoms with E-state index in [-0.39, 0.29) is 11.9 Å². The van der Waals surface area contributed by atoms with Crippen LogP contribution in [0.3, 0.4) is 0 Å². The quantitative estimate of drug-likeness (QED) is 0.515. The molecular weight excluding hydrogens is 224 g/mol. The lowest BCUT2D eigenvalue weighted by Crippen LogP contribution is -2.14. The molecule has 0 atom stereocenters. The van der Waals surface area contributed by atoms with Crippen LogP contribution in [0.1, 0.15) is 59.3 Å². The fourth-order valence-electron chi connectivity index (χ4n) is 2.24. The van der Waals surface area contributed by atoms with Gasteiger partial charge in [0.25, 0.3) is 0 Å². The summed E-state index contributed by atoms with van der Waals surface area (Å²) in [6.07, 6.45) is 10.8. The van der Waals surface area contributed by atoms with Crippen LogP contribution in [0.15, 0.2) is 23.3 Å². The van der Waals surface area contributed by atoms with Crippen LogP contribution in [0, 0.1) is 5.92 Å². The monoisotopic (exact) mass is 250 g/mol. The van der Waals surface area contributed by atoms with Crippen LogP contribution in [0.4, 0.5) is 0 Å². The van der Waals surface area contributed by atoms with Crippen molar-refractivity contribution in [1.29, 1.82) is 0 Å². The average Bonchev–Trinajstić information content (AvgIpc) is 2.81. The minimum Gasteiger partial charge on any atom is -0.461 e. The Bertz CT molecular complexity index is 316. The number of esters is 1. The molecule has 1 rings (SSSR count). The molecule has 0 aliphatic heterocycles. The third kappa shape index (κ3) is 6.04. The van der Waals surface area contributed by atoms with Gasteiger partial charge in [0, 0.05) is 0 Å². The lowest BCUT2D eigenvalue weighted by molar-refractivity contribution is -0.147. The maximum Gasteiger partial charge on any atom is 0.309 e. The highest BCUT2D eigenvalue weighted by Gasteiger charge is 2.23. The normalized spacial score (nSPS) is 16.7. The van der Waals surface area contributed by atoms with Gasteiger partial charge in [-0.25, -0.2) is 0 Å². The summed E-state index contributed by atoms with van der Waals surface area (Å²) in [5.41, 5.74) is 2.65. The summed E-state index contributed by atoms with van der Waals surface area (Å²) in [6, 6.07) is 0. The number of carbonyl (C=O) groups is 1. The molecule has 102 valence electrons. The standard InChI is InChI=1S/C16H26O2/c1-13(2)7-6-8-14(3)11-12-18-16(17)15-9-4-5-10-15/h7,11,15H,4-6,8-10,12H2,1-3H3/b14-11+. The molecule has 1 aliphatic rings. The van der Waals surface area contributed by atoms with Gasteiger partial charge in [-0.3, -0.25) is 4.79 Å². The topological polar surface area (TPSA) is 26.3 Å². The van der Waals surface area contributed by atoms with Crippen molar-refractivity contribution >= 4 is 5.97 Å². The van der Waals surface area contributed by atoms with Crippen LogP contribution in [0.5, 0.6) is 0 Å². The van der Waals surface area contributed by atoms with Gasteiger partial charge in [0.15, 0.2) is 0 Å². The summed E-state index contributed by atoms with van der Waals surface area (Å²) in [5, 5.41) is 0. The Morgan fingerprint density at radius 1 is 1.17 bits per heavy atom. The predicted octanol–water partition coefficient (Wildman–Crippen LogP) is 4.41. The van der Waals surface area contributed by atoms with Gasteiger partial charge in [0.1, 0.15) is 6.61 Å². The van der Waals surface area contributed by atoms with Crippen molar-refractivity contribution in [2.24, 2.45) is 5.92 Å². The van der Waals surface area contributed by atoms with Crippen molar-refractivity contribution in [1.82, 2.24) is 0 Å². The van der Waals surface area contributed by atoms with Crippen molar-refractivity contribution in [2.45, 2.75) is 59.3 Å². The number of hydrogen-bond acceptors (Lipinski definition) is 2. The Morgan fingerprint density at radius 2 is 1.83 bits per heavy atom. The van der Waals surface area contributed by atoms with Gasteiger partial charge < -0.3 is 4.74 Å². The Balaban J connectivity index is 2.18. The van der Waals surface area contributed by atoms with E-state index in [0.29, 0.717) is 6.61 Å². The molecule has 0 amide bonds. The van der Waals surface area contributed by atoms with E-state index in [1.807, 2.05) is 6.08 Å². The first-order valence-electron chi connectivity index (χ1n) is 7.05. The minimum absolute atomic E-state index is 0.000786. The van der Waals surface area contributed by atoms with Crippen molar-refractivity contribution in [3.05, 3.63) is 23.3 Å². The molecule has 0 spiro atoms. The van der Waals surface area contributed by atoms with Gasteiger partial charge in [-0.2, -0.15) is 0 Å². The van der Waals surface area contributed by atoms with E-state index in [0.717, 1.165) is 25.7 Å². The van der Waals surface area contributed by atoms with E-state index in [2.05, 4.69) is 26.8 Å². The number of allylic oxidation sites excluding steroid dienone is 3. The molecule has 1 aliphatic carbocycles. The van der Waals surface area contributed by atoms with Crippen LogP contribution in [0.2, 0.25) is 0 Å². The molecule has 18 heavy (non-hydrogen) atoms. The van der Waals surface area contributed by atoms with E-state index in [1.54, 1.807) is 0 Å². The molecule has 0 N–H and O–H groups in total. The van der Waals surface area contributed by atoms with E-state index in [1.165, 1.54) is 24.0 Å². The van der Waals surface area contributed by atoms with Crippen LogP contribution in [-0.2, 0) is 9.53 Å². The molecule has 0 aromatic rings. The van der Waals surface area contributed by atoms with E-state index >= 15 is 0 Å². The summed E-state index contributed by atoms with van der Waals surface area (Å²) >= 11 is 0. The van der Waals surface area contributed by atoms with Crippen molar-refractivity contribution < 1.29 is 9.53 Å². The molecule has 0 unspecified atom stereocenters. The molecule has 2 heteroatoms. The summed E-state index contributed by atoms with van der Waals surface area (Å²) < 4.78 is 5.29. The number of ether oxygens (including phenoxy) is 1. The molecule has 2 nitrogen and oxygen atoms in total. The van der Waals surface area contributed by atoms with Gasteiger partial charge in [-0.05, 0) is 52.5 Å². The smallest absolute Gasteiger partial charge is 0.309 e. The molecule has 1 saturated carbocycles. The minimum atomic E-state index is 0.000786. The maximum atomic E-state index is 11.7. The first-order valence-corrected chi connectivity index (χ1v) is 7.05. The molecule has 0 radical (unpaired) electrons. The third-order valence-electron chi connectivity index (χ3n) is 3.44. The van der Waals surface area contributed by atoms with Gasteiger partial charge in [-0.15, -0.1) is 0 Å². The molecule has 0 saturated heterocycles. The molecule has 0 heterocycles. The zero-order valence-corrected chi connectivity index (χ0v) is 12.0. The Kier molecular flexibility index (Phi) is 6.77. The number of rotatable bonds is 6. The lowest BCUT2D eigenvalue weighted by Gasteiger charge is -2.08. The van der Waals surface area contributed by atoms with Gasteiger partial charge in [0.05, 0.1) is 5.92 Å². The Labute approximate surface area is 111 Å². The first kappa shape index (κ1) is 15.0. The second-order valence-electron chi connectivity index (χ2n) is 5.48. The van der Waals surface area contributed by atoms with Crippen molar-refractivity contribution in [3.8, 4) is 0 Å². The third-order valence-corrected chi connectivity index (χ3v) is 3.44. The summed E-state index contributed by atoms with van der Waals surface area (Å²) in [6.45, 7) is 6.77. The van der Waals surface area contributed by atoms with E-state index in [4.69, 9.17) is 4.74 Å². The highest BCUT2D eigenvalue weighted by Crippen LogP contribution is 2.25. The van der Waals surface area contributed by atoms with Gasteiger partial charge >= 0.3 is 5.97 Å². The van der Waals surface area contributed by atoms with Crippen LogP contribution in [-0.4, -0.2) is 12.6 Å². The summed E-state index contributed by atoms with van der Waals surface area (Å²) in [7, 11) is 0. The van der Waals surface area contributed by atoms with E-state index < -0.39 is 0 Å². The van der Waals surface area contributed by atoms with Crippen LogP contribution >= 0.6 is 0 Å². The van der Waals surface area contributed by atoms with Crippen LogP contribution < -0.4 is 0 Å².